The molecular formula is C27H24FN3O5. The van der Waals surface area contributed by atoms with Crippen molar-refractivity contribution in [2.75, 3.05) is 39.2 Å². The van der Waals surface area contributed by atoms with Gasteiger partial charge in [-0.25, -0.2) is 4.39 Å². The second-order valence-electron chi connectivity index (χ2n) is 8.59. The Hall–Kier alpha value is -4.40. The van der Waals surface area contributed by atoms with E-state index in [1.165, 1.54) is 28.0 Å². The number of fused-ring (bicyclic) bond motifs is 2. The molecule has 3 aromatic carbocycles. The van der Waals surface area contributed by atoms with Crippen LogP contribution in [-0.4, -0.2) is 67.4 Å². The number of nitrogens with one attached hydrogen (secondary N) is 1. The van der Waals surface area contributed by atoms with Gasteiger partial charge in [-0.2, -0.15) is 0 Å². The number of amides is 3. The molecule has 0 unspecified atom stereocenters. The number of piperazine rings is 1. The molecule has 36 heavy (non-hydrogen) atoms. The van der Waals surface area contributed by atoms with Gasteiger partial charge in [0.05, 0.1) is 32.0 Å². The van der Waals surface area contributed by atoms with Crippen molar-refractivity contribution in [3.63, 3.8) is 0 Å². The number of halogens is 1. The zero-order chi connectivity index (χ0) is 25.4. The van der Waals surface area contributed by atoms with Gasteiger partial charge in [0.25, 0.3) is 11.8 Å². The number of methoxy groups -OCH3 is 2. The molecule has 1 saturated heterocycles. The van der Waals surface area contributed by atoms with Crippen LogP contribution < -0.4 is 14.8 Å². The predicted octanol–water partition coefficient (Wildman–Crippen LogP) is 3.43. The fraction of sp³-hybridized carbons (Fsp3) is 0.222. The number of hydrogen-bond donors (Lipinski definition) is 1. The molecule has 8 nitrogen and oxygen atoms in total. The lowest BCUT2D eigenvalue weighted by atomic mass is 10.00. The summed E-state index contributed by atoms with van der Waals surface area (Å²) in [6.07, 6.45) is 0. The normalized spacial score (nSPS) is 17.0. The van der Waals surface area contributed by atoms with E-state index in [0.717, 1.165) is 17.2 Å². The van der Waals surface area contributed by atoms with Crippen LogP contribution in [0.4, 0.5) is 10.1 Å². The van der Waals surface area contributed by atoms with Crippen molar-refractivity contribution < 1.29 is 28.2 Å². The highest BCUT2D eigenvalue weighted by molar-refractivity contribution is 6.11. The minimum Gasteiger partial charge on any atom is -0.497 e. The summed E-state index contributed by atoms with van der Waals surface area (Å²) in [5, 5.41) is 2.84. The number of carbonyl (C=O) groups is 3. The fourth-order valence-corrected chi connectivity index (χ4v) is 4.64. The van der Waals surface area contributed by atoms with E-state index < -0.39 is 11.9 Å². The third-order valence-electron chi connectivity index (χ3n) is 6.53. The van der Waals surface area contributed by atoms with Crippen molar-refractivity contribution in [1.82, 2.24) is 9.80 Å². The highest BCUT2D eigenvalue weighted by Gasteiger charge is 2.40. The van der Waals surface area contributed by atoms with Crippen LogP contribution in [0.15, 0.2) is 60.7 Å². The molecule has 2 heterocycles. The summed E-state index contributed by atoms with van der Waals surface area (Å²) in [6, 6.07) is 15.2. The quantitative estimate of drug-likeness (QED) is 0.607. The van der Waals surface area contributed by atoms with Crippen LogP contribution >= 0.6 is 0 Å². The lowest BCUT2D eigenvalue weighted by Crippen LogP contribution is -2.59. The second-order valence-corrected chi connectivity index (χ2v) is 8.59. The minimum atomic E-state index is -0.866. The highest BCUT2D eigenvalue weighted by atomic mass is 19.1. The van der Waals surface area contributed by atoms with Gasteiger partial charge in [-0.05, 0) is 48.0 Å². The molecule has 2 aliphatic rings. The molecule has 0 saturated carbocycles. The maximum absolute atomic E-state index is 13.6. The van der Waals surface area contributed by atoms with Crippen molar-refractivity contribution >= 4 is 23.4 Å². The molecule has 0 radical (unpaired) electrons. The Bertz CT molecular complexity index is 1380. The van der Waals surface area contributed by atoms with Crippen LogP contribution in [0.2, 0.25) is 0 Å². The van der Waals surface area contributed by atoms with E-state index in [-0.39, 0.29) is 42.9 Å². The van der Waals surface area contributed by atoms with Crippen LogP contribution in [0, 0.1) is 5.82 Å². The van der Waals surface area contributed by atoms with E-state index in [4.69, 9.17) is 9.47 Å². The molecule has 9 heteroatoms. The molecule has 5 rings (SSSR count). The first-order chi connectivity index (χ1) is 17.4. The minimum absolute atomic E-state index is 0.0140. The summed E-state index contributed by atoms with van der Waals surface area (Å²) in [5.74, 6) is -0.357. The highest BCUT2D eigenvalue weighted by Crippen LogP contribution is 2.36. The Morgan fingerprint density at radius 2 is 1.81 bits per heavy atom. The van der Waals surface area contributed by atoms with Gasteiger partial charge >= 0.3 is 0 Å². The van der Waals surface area contributed by atoms with Gasteiger partial charge in [-0.15, -0.1) is 0 Å². The summed E-state index contributed by atoms with van der Waals surface area (Å²) in [4.78, 5) is 42.6. The lowest BCUT2D eigenvalue weighted by molar-refractivity contribution is -0.121. The number of rotatable bonds is 4. The van der Waals surface area contributed by atoms with Crippen molar-refractivity contribution in [1.29, 1.82) is 0 Å². The molecule has 0 spiro atoms. The van der Waals surface area contributed by atoms with Crippen LogP contribution in [0.25, 0.3) is 11.1 Å². The summed E-state index contributed by atoms with van der Waals surface area (Å²) in [5.41, 5.74) is 2.47. The molecular weight excluding hydrogens is 465 g/mol. The maximum Gasteiger partial charge on any atom is 0.256 e. The van der Waals surface area contributed by atoms with Crippen LogP contribution in [0.5, 0.6) is 11.5 Å². The Balaban J connectivity index is 1.44. The molecule has 2 aliphatic heterocycles. The largest absolute Gasteiger partial charge is 0.497 e. The maximum atomic E-state index is 13.6. The molecule has 184 valence electrons. The van der Waals surface area contributed by atoms with Gasteiger partial charge in [0.2, 0.25) is 5.91 Å². The Labute approximate surface area is 207 Å². The molecule has 1 atom stereocenters. The summed E-state index contributed by atoms with van der Waals surface area (Å²) in [6.45, 7) is 0.416. The van der Waals surface area contributed by atoms with E-state index in [9.17, 15) is 18.8 Å². The first-order valence-corrected chi connectivity index (χ1v) is 11.4. The SMILES string of the molecule is COc1ccc(-c2ccc3c(c2)C(=O)N2CCN(C(=O)c4cccc(F)c4)C[C@@H]2C(=O)N3)c(OC)c1. The van der Waals surface area contributed by atoms with Crippen LogP contribution in [0.3, 0.4) is 0 Å². The van der Waals surface area contributed by atoms with E-state index >= 15 is 0 Å². The van der Waals surface area contributed by atoms with Crippen molar-refractivity contribution in [3.05, 3.63) is 77.6 Å². The van der Waals surface area contributed by atoms with Crippen molar-refractivity contribution in [2.24, 2.45) is 0 Å². The van der Waals surface area contributed by atoms with Crippen molar-refractivity contribution in [2.45, 2.75) is 6.04 Å². The summed E-state index contributed by atoms with van der Waals surface area (Å²) in [7, 11) is 3.13. The Kier molecular flexibility index (Phi) is 6.05. The summed E-state index contributed by atoms with van der Waals surface area (Å²) < 4.78 is 24.4. The van der Waals surface area contributed by atoms with Gasteiger partial charge in [-0.1, -0.05) is 12.1 Å². The lowest BCUT2D eigenvalue weighted by Gasteiger charge is -2.39. The van der Waals surface area contributed by atoms with Gasteiger partial charge < -0.3 is 24.6 Å². The number of carbonyl (C=O) groups excluding carboxylic acids is 3. The number of benzene rings is 3. The first kappa shape index (κ1) is 23.3. The monoisotopic (exact) mass is 489 g/mol. The zero-order valence-electron chi connectivity index (χ0n) is 19.8. The average Bonchev–Trinajstić information content (AvgIpc) is 3.01. The zero-order valence-corrected chi connectivity index (χ0v) is 19.8. The van der Waals surface area contributed by atoms with Gasteiger partial charge in [-0.3, -0.25) is 14.4 Å². The van der Waals surface area contributed by atoms with Gasteiger partial charge in [0.1, 0.15) is 23.4 Å². The second kappa shape index (κ2) is 9.33. The fourth-order valence-electron chi connectivity index (χ4n) is 4.64. The smallest absolute Gasteiger partial charge is 0.256 e. The number of nitrogens with zero attached hydrogens (tertiary/aromatic N) is 2. The van der Waals surface area contributed by atoms with E-state index in [1.54, 1.807) is 44.6 Å². The third-order valence-corrected chi connectivity index (χ3v) is 6.53. The molecule has 0 bridgehead atoms. The summed E-state index contributed by atoms with van der Waals surface area (Å²) >= 11 is 0. The molecule has 3 aromatic rings. The molecule has 0 aliphatic carbocycles. The Morgan fingerprint density at radius 1 is 0.972 bits per heavy atom. The number of anilines is 1. The topological polar surface area (TPSA) is 88.2 Å². The van der Waals surface area contributed by atoms with Crippen LogP contribution in [-0.2, 0) is 4.79 Å². The predicted molar refractivity (Wildman–Crippen MR) is 131 cm³/mol. The average molecular weight is 490 g/mol. The van der Waals surface area contributed by atoms with Crippen LogP contribution in [0.1, 0.15) is 20.7 Å². The molecule has 1 N–H and O–H groups in total. The third kappa shape index (κ3) is 4.13. The number of hydrogen-bond acceptors (Lipinski definition) is 5. The molecule has 3 amide bonds. The standard InChI is InChI=1S/C27H24FN3O5/c1-35-19-7-8-20(24(14-19)36-2)16-6-9-22-21(13-16)27(34)31-11-10-30(15-23(31)25(32)29-22)26(33)17-4-3-5-18(28)12-17/h3-9,12-14,23H,10-11,15H2,1-2H3,(H,29,32)/t23-/m1/s1. The van der Waals surface area contributed by atoms with E-state index in [2.05, 4.69) is 5.32 Å². The van der Waals surface area contributed by atoms with E-state index in [1.807, 2.05) is 6.07 Å². The first-order valence-electron chi connectivity index (χ1n) is 11.4. The van der Waals surface area contributed by atoms with Gasteiger partial charge in [0.15, 0.2) is 0 Å². The van der Waals surface area contributed by atoms with Crippen molar-refractivity contribution in [3.8, 4) is 22.6 Å². The molecule has 1 fully saturated rings. The molecule has 0 aromatic heterocycles. The van der Waals surface area contributed by atoms with Gasteiger partial charge in [0, 0.05) is 30.3 Å². The Morgan fingerprint density at radius 3 is 2.56 bits per heavy atom. The number of ether oxygens (including phenoxy) is 2. The van der Waals surface area contributed by atoms with E-state index in [0.29, 0.717) is 22.7 Å².